The van der Waals surface area contributed by atoms with E-state index in [2.05, 4.69) is 10.00 Å². The molecule has 0 radical (unpaired) electrons. The number of hydrogen-bond donors (Lipinski definition) is 1. The van der Waals surface area contributed by atoms with Crippen molar-refractivity contribution in [3.8, 4) is 5.88 Å². The molecule has 6 rings (SSSR count). The first kappa shape index (κ1) is 23.0. The van der Waals surface area contributed by atoms with Crippen LogP contribution in [0.5, 0.6) is 5.88 Å². The minimum Gasteiger partial charge on any atom is -0.475 e. The van der Waals surface area contributed by atoms with E-state index in [9.17, 15) is 4.21 Å². The Labute approximate surface area is 211 Å². The first-order chi connectivity index (χ1) is 17.6. The quantitative estimate of drug-likeness (QED) is 0.406. The van der Waals surface area contributed by atoms with E-state index in [1.54, 1.807) is 10.9 Å². The van der Waals surface area contributed by atoms with Gasteiger partial charge in [-0.1, -0.05) is 91.0 Å². The van der Waals surface area contributed by atoms with Crippen LogP contribution in [0.3, 0.4) is 0 Å². The molecule has 7 nitrogen and oxygen atoms in total. The van der Waals surface area contributed by atoms with Gasteiger partial charge in [-0.05, 0) is 36.2 Å². The highest BCUT2D eigenvalue weighted by molar-refractivity contribution is 7.91. The van der Waals surface area contributed by atoms with E-state index in [0.717, 1.165) is 29.8 Å². The molecule has 0 aliphatic carbocycles. The van der Waals surface area contributed by atoms with Crippen molar-refractivity contribution >= 4 is 9.92 Å². The minimum atomic E-state index is -3.44. The fraction of sp³-hybridized carbons (Fsp3) is 0.250. The van der Waals surface area contributed by atoms with Gasteiger partial charge in [0, 0.05) is 0 Å². The Balaban J connectivity index is 1.54. The summed E-state index contributed by atoms with van der Waals surface area (Å²) in [5, 5.41) is 11.2. The fourth-order valence-corrected chi connectivity index (χ4v) is 6.57. The lowest BCUT2D eigenvalue weighted by atomic mass is 9.78. The number of nitrogens with two attached hydrogens (primary N) is 1. The molecule has 184 valence electrons. The van der Waals surface area contributed by atoms with Crippen LogP contribution in [0.15, 0.2) is 106 Å². The number of nitrogens with zero attached hydrogens (tertiary/aromatic N) is 4. The van der Waals surface area contributed by atoms with Crippen LogP contribution in [-0.2, 0) is 22.0 Å². The van der Waals surface area contributed by atoms with Crippen molar-refractivity contribution in [2.24, 2.45) is 9.50 Å². The van der Waals surface area contributed by atoms with Crippen LogP contribution >= 0.6 is 0 Å². The molecule has 36 heavy (non-hydrogen) atoms. The van der Waals surface area contributed by atoms with Gasteiger partial charge < -0.3 is 4.74 Å². The van der Waals surface area contributed by atoms with Crippen molar-refractivity contribution in [1.82, 2.24) is 14.7 Å². The Bertz CT molecular complexity index is 1360. The summed E-state index contributed by atoms with van der Waals surface area (Å²) < 4.78 is 27.3. The third-order valence-corrected chi connectivity index (χ3v) is 8.58. The van der Waals surface area contributed by atoms with Gasteiger partial charge in [0.1, 0.15) is 27.0 Å². The minimum absolute atomic E-state index is 0.266. The normalized spacial score (nSPS) is 19.4. The summed E-state index contributed by atoms with van der Waals surface area (Å²) in [5.74, 6) is 0.450. The lowest BCUT2D eigenvalue weighted by Gasteiger charge is -2.40. The molecule has 0 bridgehead atoms. The SMILES string of the molecule is NS(=O)(=NC(c1ccccc1)(c1ccccc1)c1ccccc1)c1cnn2c1OC[C@@H](N1CCC1)C2. The Hall–Kier alpha value is -3.46. The molecule has 1 aromatic heterocycles. The topological polar surface area (TPSA) is 85.7 Å². The zero-order valence-corrected chi connectivity index (χ0v) is 20.8. The van der Waals surface area contributed by atoms with Crippen LogP contribution in [0, 0.1) is 0 Å². The molecular weight excluding hydrogens is 470 g/mol. The van der Waals surface area contributed by atoms with E-state index in [4.69, 9.17) is 14.2 Å². The van der Waals surface area contributed by atoms with Crippen LogP contribution in [0.1, 0.15) is 23.1 Å². The van der Waals surface area contributed by atoms with Gasteiger partial charge in [-0.15, -0.1) is 0 Å². The van der Waals surface area contributed by atoms with Gasteiger partial charge in [0.15, 0.2) is 0 Å². The van der Waals surface area contributed by atoms with Gasteiger partial charge in [-0.3, -0.25) is 4.90 Å². The smallest absolute Gasteiger partial charge is 0.230 e. The number of rotatable bonds is 6. The molecule has 3 aromatic carbocycles. The fourth-order valence-electron chi connectivity index (χ4n) is 5.14. The summed E-state index contributed by atoms with van der Waals surface area (Å²) in [4.78, 5) is 2.72. The van der Waals surface area contributed by atoms with Crippen molar-refractivity contribution in [3.05, 3.63) is 114 Å². The predicted octanol–water partition coefficient (Wildman–Crippen LogP) is 4.04. The van der Waals surface area contributed by atoms with Crippen LogP contribution in [0.25, 0.3) is 0 Å². The summed E-state index contributed by atoms with van der Waals surface area (Å²) in [6, 6.07) is 29.9. The molecule has 2 atom stereocenters. The van der Waals surface area contributed by atoms with Gasteiger partial charge in [0.25, 0.3) is 0 Å². The van der Waals surface area contributed by atoms with Crippen molar-refractivity contribution in [2.45, 2.75) is 29.4 Å². The highest BCUT2D eigenvalue weighted by atomic mass is 32.2. The summed E-state index contributed by atoms with van der Waals surface area (Å²) >= 11 is 0. The molecule has 2 N–H and O–H groups in total. The van der Waals surface area contributed by atoms with E-state index < -0.39 is 15.5 Å². The summed E-state index contributed by atoms with van der Waals surface area (Å²) in [6.07, 6.45) is 2.77. The van der Waals surface area contributed by atoms with Crippen molar-refractivity contribution in [2.75, 3.05) is 19.7 Å². The summed E-state index contributed by atoms with van der Waals surface area (Å²) in [5.41, 5.74) is 1.53. The Morgan fingerprint density at radius 3 is 1.89 bits per heavy atom. The van der Waals surface area contributed by atoms with Crippen LogP contribution in [0.4, 0.5) is 0 Å². The zero-order valence-electron chi connectivity index (χ0n) is 19.9. The van der Waals surface area contributed by atoms with Gasteiger partial charge in [0.05, 0.1) is 18.8 Å². The second-order valence-corrected chi connectivity index (χ2v) is 11.1. The van der Waals surface area contributed by atoms with Gasteiger partial charge in [-0.25, -0.2) is 14.0 Å². The van der Waals surface area contributed by atoms with Crippen LogP contribution in [0.2, 0.25) is 0 Å². The van der Waals surface area contributed by atoms with Crippen LogP contribution < -0.4 is 9.88 Å². The van der Waals surface area contributed by atoms with Crippen molar-refractivity contribution in [1.29, 1.82) is 0 Å². The second kappa shape index (κ2) is 9.20. The average molecular weight is 500 g/mol. The highest BCUT2D eigenvalue weighted by Gasteiger charge is 2.39. The van der Waals surface area contributed by atoms with E-state index in [1.165, 1.54) is 6.42 Å². The monoisotopic (exact) mass is 499 g/mol. The number of likely N-dealkylation sites (tertiary alicyclic amines) is 1. The molecule has 2 aliphatic heterocycles. The first-order valence-corrected chi connectivity index (χ1v) is 13.8. The third-order valence-electron chi connectivity index (χ3n) is 7.13. The van der Waals surface area contributed by atoms with E-state index >= 15 is 0 Å². The van der Waals surface area contributed by atoms with Gasteiger partial charge in [-0.2, -0.15) is 9.46 Å². The van der Waals surface area contributed by atoms with Gasteiger partial charge >= 0.3 is 0 Å². The molecule has 8 heteroatoms. The maximum atomic E-state index is 14.4. The van der Waals surface area contributed by atoms with Crippen molar-refractivity contribution < 1.29 is 8.95 Å². The molecule has 0 saturated carbocycles. The van der Waals surface area contributed by atoms with Gasteiger partial charge in [0.2, 0.25) is 5.88 Å². The van der Waals surface area contributed by atoms with E-state index in [1.807, 2.05) is 91.0 Å². The Kier molecular flexibility index (Phi) is 5.87. The maximum Gasteiger partial charge on any atom is 0.230 e. The number of benzene rings is 3. The molecule has 0 spiro atoms. The highest BCUT2D eigenvalue weighted by Crippen LogP contribution is 2.42. The van der Waals surface area contributed by atoms with E-state index in [0.29, 0.717) is 23.9 Å². The molecule has 4 aromatic rings. The number of aromatic nitrogens is 2. The molecule has 0 amide bonds. The Morgan fingerprint density at radius 2 is 1.42 bits per heavy atom. The molecule has 3 heterocycles. The molecule has 1 saturated heterocycles. The average Bonchev–Trinajstić information content (AvgIpc) is 3.32. The Morgan fingerprint density at radius 1 is 0.889 bits per heavy atom. The number of ether oxygens (including phenoxy) is 1. The lowest BCUT2D eigenvalue weighted by Crippen LogP contribution is -2.51. The summed E-state index contributed by atoms with van der Waals surface area (Å²) in [6.45, 7) is 3.36. The number of fused-ring (bicyclic) bond motifs is 1. The number of hydrogen-bond acceptors (Lipinski definition) is 5. The standard InChI is InChI=1S/C28H29N5O2S/c29-36(34,26-19-30-33-20-25(21-35-27(26)33)32-17-10-18-32)31-28(22-11-4-1-5-12-22,23-13-6-2-7-14-23)24-15-8-3-9-16-24/h1-9,11-16,19,25H,10,17-18,20-21H2,(H2,29,31,34)/t25-,36?/m0/s1. The third kappa shape index (κ3) is 3.91. The van der Waals surface area contributed by atoms with E-state index in [-0.39, 0.29) is 6.04 Å². The molecule has 2 aliphatic rings. The first-order valence-electron chi connectivity index (χ1n) is 12.2. The molecule has 1 unspecified atom stereocenters. The van der Waals surface area contributed by atoms with Crippen LogP contribution in [-0.4, -0.2) is 44.6 Å². The van der Waals surface area contributed by atoms with Crippen molar-refractivity contribution in [3.63, 3.8) is 0 Å². The zero-order chi connectivity index (χ0) is 24.6. The lowest BCUT2D eigenvalue weighted by molar-refractivity contribution is 0.0417. The molecule has 1 fully saturated rings. The maximum absolute atomic E-state index is 14.4. The largest absolute Gasteiger partial charge is 0.475 e. The predicted molar refractivity (Wildman–Crippen MR) is 140 cm³/mol. The second-order valence-electron chi connectivity index (χ2n) is 9.32. The summed E-state index contributed by atoms with van der Waals surface area (Å²) in [7, 11) is -3.44. The molecular formula is C28H29N5O2S.